The van der Waals surface area contributed by atoms with Gasteiger partial charge in [-0.2, -0.15) is 5.10 Å². The lowest BCUT2D eigenvalue weighted by Gasteiger charge is -2.11. The minimum absolute atomic E-state index is 0. The molecule has 0 unspecified atom stereocenters. The van der Waals surface area contributed by atoms with Gasteiger partial charge in [0.1, 0.15) is 12.7 Å². The first-order valence-corrected chi connectivity index (χ1v) is 8.76. The summed E-state index contributed by atoms with van der Waals surface area (Å²) >= 11 is 0. The van der Waals surface area contributed by atoms with Gasteiger partial charge in [-0.3, -0.25) is 0 Å². The third-order valence-electron chi connectivity index (χ3n) is 3.96. The van der Waals surface area contributed by atoms with Gasteiger partial charge in [-0.05, 0) is 37.1 Å². The van der Waals surface area contributed by atoms with E-state index in [4.69, 9.17) is 0 Å². The number of hydrogen-bond acceptors (Lipinski definition) is 3. The number of guanidine groups is 1. The Hall–Kier alpha value is -2.42. The van der Waals surface area contributed by atoms with E-state index in [2.05, 4.69) is 76.0 Å². The molecule has 0 spiro atoms. The van der Waals surface area contributed by atoms with E-state index in [1.807, 2.05) is 12.1 Å². The van der Waals surface area contributed by atoms with Crippen molar-refractivity contribution in [1.29, 1.82) is 0 Å². The van der Waals surface area contributed by atoms with Crippen LogP contribution < -0.4 is 10.6 Å². The van der Waals surface area contributed by atoms with E-state index < -0.39 is 0 Å². The average Bonchev–Trinajstić information content (AvgIpc) is 3.20. The van der Waals surface area contributed by atoms with Crippen LogP contribution in [0.2, 0.25) is 0 Å². The minimum atomic E-state index is 0. The molecule has 3 aromatic rings. The molecule has 0 radical (unpaired) electrons. The molecular weight excluding hydrogens is 451 g/mol. The zero-order chi connectivity index (χ0) is 18.2. The molecule has 7 heteroatoms. The van der Waals surface area contributed by atoms with Crippen LogP contribution in [-0.2, 0) is 13.1 Å². The van der Waals surface area contributed by atoms with Crippen LogP contribution in [-0.4, -0.2) is 27.3 Å². The molecule has 0 aliphatic rings. The van der Waals surface area contributed by atoms with Crippen molar-refractivity contribution in [3.8, 4) is 5.69 Å². The van der Waals surface area contributed by atoms with Gasteiger partial charge in [0.25, 0.3) is 0 Å². The second-order valence-corrected chi connectivity index (χ2v) is 6.04. The van der Waals surface area contributed by atoms with Gasteiger partial charge in [0.15, 0.2) is 5.96 Å². The van der Waals surface area contributed by atoms with E-state index in [1.165, 1.54) is 17.5 Å². The molecule has 0 saturated heterocycles. The highest BCUT2D eigenvalue weighted by Gasteiger charge is 2.00. The summed E-state index contributed by atoms with van der Waals surface area (Å²) in [6, 6.07) is 16.7. The summed E-state index contributed by atoms with van der Waals surface area (Å²) in [5.74, 6) is 0.813. The van der Waals surface area contributed by atoms with Crippen molar-refractivity contribution in [2.24, 2.45) is 4.99 Å². The number of aryl methyl sites for hydroxylation is 1. The van der Waals surface area contributed by atoms with Gasteiger partial charge in [-0.1, -0.05) is 42.0 Å². The largest absolute Gasteiger partial charge is 0.357 e. The van der Waals surface area contributed by atoms with Gasteiger partial charge >= 0.3 is 0 Å². The Bertz CT molecular complexity index is 826. The number of aliphatic imine (C=N–C) groups is 1. The Balaban J connectivity index is 0.00000261. The van der Waals surface area contributed by atoms with Gasteiger partial charge in [0.2, 0.25) is 0 Å². The Morgan fingerprint density at radius 1 is 1.00 bits per heavy atom. The van der Waals surface area contributed by atoms with Crippen molar-refractivity contribution in [2.45, 2.75) is 26.9 Å². The van der Waals surface area contributed by atoms with Gasteiger partial charge in [0, 0.05) is 13.1 Å². The van der Waals surface area contributed by atoms with Gasteiger partial charge in [-0.15, -0.1) is 24.0 Å². The minimum Gasteiger partial charge on any atom is -0.357 e. The molecule has 142 valence electrons. The van der Waals surface area contributed by atoms with E-state index in [1.54, 1.807) is 11.0 Å². The van der Waals surface area contributed by atoms with Crippen LogP contribution in [0.5, 0.6) is 0 Å². The quantitative estimate of drug-likeness (QED) is 0.325. The molecule has 0 saturated carbocycles. The summed E-state index contributed by atoms with van der Waals surface area (Å²) in [6.07, 6.45) is 3.21. The third-order valence-corrected chi connectivity index (χ3v) is 3.96. The highest BCUT2D eigenvalue weighted by Crippen LogP contribution is 2.09. The van der Waals surface area contributed by atoms with Crippen LogP contribution in [0.4, 0.5) is 0 Å². The second-order valence-electron chi connectivity index (χ2n) is 6.04. The van der Waals surface area contributed by atoms with Crippen LogP contribution in [0.15, 0.2) is 66.2 Å². The number of aromatic nitrogens is 3. The number of benzene rings is 2. The summed E-state index contributed by atoms with van der Waals surface area (Å²) in [4.78, 5) is 8.63. The maximum Gasteiger partial charge on any atom is 0.191 e. The van der Waals surface area contributed by atoms with E-state index in [0.717, 1.165) is 30.3 Å². The molecular formula is C20H25IN6. The number of nitrogens with one attached hydrogen (secondary N) is 2. The normalized spacial score (nSPS) is 11.0. The monoisotopic (exact) mass is 476 g/mol. The Morgan fingerprint density at radius 2 is 1.70 bits per heavy atom. The van der Waals surface area contributed by atoms with Crippen molar-refractivity contribution in [2.75, 3.05) is 6.54 Å². The van der Waals surface area contributed by atoms with Crippen LogP contribution in [0.25, 0.3) is 5.69 Å². The van der Waals surface area contributed by atoms with E-state index in [9.17, 15) is 0 Å². The molecule has 3 rings (SSSR count). The fraction of sp³-hybridized carbons (Fsp3) is 0.250. The highest BCUT2D eigenvalue weighted by molar-refractivity contribution is 14.0. The van der Waals surface area contributed by atoms with Crippen molar-refractivity contribution >= 4 is 29.9 Å². The molecule has 0 bridgehead atoms. The summed E-state index contributed by atoms with van der Waals surface area (Å²) in [5, 5.41) is 10.8. The Morgan fingerprint density at radius 3 is 2.33 bits per heavy atom. The van der Waals surface area contributed by atoms with Crippen LogP contribution in [0, 0.1) is 6.92 Å². The molecule has 0 aliphatic heterocycles. The molecule has 2 aromatic carbocycles. The molecule has 2 N–H and O–H groups in total. The van der Waals surface area contributed by atoms with Gasteiger partial charge in [-0.25, -0.2) is 14.7 Å². The van der Waals surface area contributed by atoms with E-state index in [0.29, 0.717) is 6.54 Å². The first kappa shape index (κ1) is 20.9. The van der Waals surface area contributed by atoms with Crippen molar-refractivity contribution in [3.05, 3.63) is 77.9 Å². The fourth-order valence-corrected chi connectivity index (χ4v) is 2.50. The lowest BCUT2D eigenvalue weighted by molar-refractivity contribution is 0.815. The maximum atomic E-state index is 4.67. The van der Waals surface area contributed by atoms with Gasteiger partial charge in [0.05, 0.1) is 12.2 Å². The molecule has 0 fully saturated rings. The molecule has 0 amide bonds. The van der Waals surface area contributed by atoms with Gasteiger partial charge < -0.3 is 10.6 Å². The molecule has 1 heterocycles. The average molecular weight is 476 g/mol. The summed E-state index contributed by atoms with van der Waals surface area (Å²) in [6.45, 7) is 6.34. The van der Waals surface area contributed by atoms with Crippen molar-refractivity contribution < 1.29 is 0 Å². The number of hydrogen-bond donors (Lipinski definition) is 2. The van der Waals surface area contributed by atoms with E-state index in [-0.39, 0.29) is 24.0 Å². The van der Waals surface area contributed by atoms with Crippen molar-refractivity contribution in [1.82, 2.24) is 25.4 Å². The highest BCUT2D eigenvalue weighted by atomic mass is 127. The summed E-state index contributed by atoms with van der Waals surface area (Å²) in [7, 11) is 0. The Kier molecular flexibility index (Phi) is 8.25. The first-order chi connectivity index (χ1) is 12.7. The van der Waals surface area contributed by atoms with Crippen LogP contribution >= 0.6 is 24.0 Å². The number of halogens is 1. The predicted octanol–water partition coefficient (Wildman–Crippen LogP) is 3.45. The molecule has 0 atom stereocenters. The summed E-state index contributed by atoms with van der Waals surface area (Å²) < 4.78 is 1.74. The van der Waals surface area contributed by atoms with E-state index >= 15 is 0 Å². The fourth-order valence-electron chi connectivity index (χ4n) is 2.50. The Labute approximate surface area is 177 Å². The second kappa shape index (κ2) is 10.7. The first-order valence-electron chi connectivity index (χ1n) is 8.76. The lowest BCUT2D eigenvalue weighted by atomic mass is 10.1. The number of rotatable bonds is 6. The van der Waals surface area contributed by atoms with Crippen LogP contribution in [0.3, 0.4) is 0 Å². The molecule has 27 heavy (non-hydrogen) atoms. The van der Waals surface area contributed by atoms with Crippen LogP contribution in [0.1, 0.15) is 23.6 Å². The molecule has 6 nitrogen and oxygen atoms in total. The third kappa shape index (κ3) is 6.35. The number of nitrogens with zero attached hydrogens (tertiary/aromatic N) is 4. The molecule has 1 aromatic heterocycles. The lowest BCUT2D eigenvalue weighted by Crippen LogP contribution is -2.36. The zero-order valence-electron chi connectivity index (χ0n) is 15.6. The zero-order valence-corrected chi connectivity index (χ0v) is 17.9. The standard InChI is InChI=1S/C20H24N6.HI/c1-3-22-20(23-12-17-6-4-16(2)5-7-17)24-13-18-8-10-19(11-9-18)26-15-21-14-25-26;/h4-11,14-15H,3,12-13H2,1-2H3,(H2,22,23,24);1H. The maximum absolute atomic E-state index is 4.67. The smallest absolute Gasteiger partial charge is 0.191 e. The molecule has 0 aliphatic carbocycles. The predicted molar refractivity (Wildman–Crippen MR) is 120 cm³/mol. The summed E-state index contributed by atoms with van der Waals surface area (Å²) in [5.41, 5.74) is 4.63. The van der Waals surface area contributed by atoms with Crippen molar-refractivity contribution in [3.63, 3.8) is 0 Å². The SMILES string of the molecule is CCNC(=NCc1ccc(-n2cncn2)cc1)NCc1ccc(C)cc1.I. The topological polar surface area (TPSA) is 67.1 Å².